The smallest absolute Gasteiger partial charge is 0.180 e. The lowest BCUT2D eigenvalue weighted by molar-refractivity contribution is 0.251. The van der Waals surface area contributed by atoms with Crippen molar-refractivity contribution < 1.29 is 13.5 Å². The first kappa shape index (κ1) is 15.1. The quantitative estimate of drug-likeness (QED) is 0.819. The summed E-state index contributed by atoms with van der Waals surface area (Å²) in [6.07, 6.45) is 0. The molecule has 0 aliphatic carbocycles. The first-order valence-corrected chi connectivity index (χ1v) is 7.59. The van der Waals surface area contributed by atoms with Crippen LogP contribution in [0, 0.1) is 0 Å². The van der Waals surface area contributed by atoms with Gasteiger partial charge in [0, 0.05) is 12.6 Å². The number of hydrogen-bond donors (Lipinski definition) is 2. The first-order valence-electron chi connectivity index (χ1n) is 6.05. The molecule has 1 atom stereocenters. The summed E-state index contributed by atoms with van der Waals surface area (Å²) in [5.74, 6) is 0. The van der Waals surface area contributed by atoms with Crippen LogP contribution in [0.25, 0.3) is 0 Å². The number of rotatable bonds is 6. The highest BCUT2D eigenvalue weighted by molar-refractivity contribution is 7.92. The molecule has 1 rings (SSSR count). The van der Waals surface area contributed by atoms with Crippen LogP contribution < -0.4 is 5.32 Å². The van der Waals surface area contributed by atoms with Gasteiger partial charge in [0.05, 0.1) is 16.8 Å². The number of hydrogen-bond acceptors (Lipinski definition) is 4. The maximum atomic E-state index is 11.9. The molecule has 0 radical (unpaired) electrons. The molecule has 0 heterocycles. The van der Waals surface area contributed by atoms with Crippen LogP contribution in [0.5, 0.6) is 0 Å². The van der Waals surface area contributed by atoms with E-state index < -0.39 is 15.1 Å². The van der Waals surface area contributed by atoms with Crippen molar-refractivity contribution in [2.75, 3.05) is 6.61 Å². The summed E-state index contributed by atoms with van der Waals surface area (Å²) in [6.45, 7) is 5.93. The molecule has 0 aromatic heterocycles. The fraction of sp³-hybridized carbons (Fsp3) is 0.538. The maximum absolute atomic E-state index is 11.9. The number of aliphatic hydroxyl groups excluding tert-OH is 1. The van der Waals surface area contributed by atoms with Crippen LogP contribution in [0.2, 0.25) is 0 Å². The third-order valence-electron chi connectivity index (χ3n) is 2.80. The third kappa shape index (κ3) is 3.80. The fourth-order valence-electron chi connectivity index (χ4n) is 1.43. The zero-order chi connectivity index (χ0) is 13.8. The molecule has 2 N–H and O–H groups in total. The zero-order valence-electron chi connectivity index (χ0n) is 11.1. The van der Waals surface area contributed by atoms with E-state index in [9.17, 15) is 8.42 Å². The second-order valence-electron chi connectivity index (χ2n) is 4.70. The highest BCUT2D eigenvalue weighted by Gasteiger charge is 2.18. The van der Waals surface area contributed by atoms with Gasteiger partial charge < -0.3 is 10.4 Å². The molecule has 0 saturated heterocycles. The van der Waals surface area contributed by atoms with Gasteiger partial charge in [-0.15, -0.1) is 0 Å². The van der Waals surface area contributed by atoms with Crippen LogP contribution in [0.15, 0.2) is 29.2 Å². The molecule has 5 heteroatoms. The lowest BCUT2D eigenvalue weighted by Crippen LogP contribution is -2.28. The van der Waals surface area contributed by atoms with Crippen molar-refractivity contribution in [2.45, 2.75) is 43.5 Å². The van der Waals surface area contributed by atoms with Crippen molar-refractivity contribution in [1.82, 2.24) is 5.32 Å². The van der Waals surface area contributed by atoms with Gasteiger partial charge in [-0.1, -0.05) is 12.1 Å². The van der Waals surface area contributed by atoms with Gasteiger partial charge in [-0.25, -0.2) is 8.42 Å². The van der Waals surface area contributed by atoms with Gasteiger partial charge in [0.2, 0.25) is 0 Å². The molecule has 0 aliphatic heterocycles. The molecular weight excluding hydrogens is 250 g/mol. The van der Waals surface area contributed by atoms with Crippen molar-refractivity contribution >= 4 is 9.84 Å². The lowest BCUT2D eigenvalue weighted by atomic mass is 10.2. The summed E-state index contributed by atoms with van der Waals surface area (Å²) in [7, 11) is -3.19. The molecule has 0 spiro atoms. The SMILES string of the molecule is CC(CO)NCc1ccc(S(=O)(=O)C(C)C)cc1. The second kappa shape index (κ2) is 6.31. The van der Waals surface area contributed by atoms with E-state index >= 15 is 0 Å². The number of aliphatic hydroxyl groups is 1. The molecule has 0 saturated carbocycles. The van der Waals surface area contributed by atoms with E-state index in [0.29, 0.717) is 11.4 Å². The standard InChI is InChI=1S/C13H21NO3S/c1-10(2)18(16,17)13-6-4-12(5-7-13)8-14-11(3)9-15/h4-7,10-11,14-15H,8-9H2,1-3H3. The van der Waals surface area contributed by atoms with Gasteiger partial charge in [0.1, 0.15) is 0 Å². The van der Waals surface area contributed by atoms with Crippen molar-refractivity contribution in [2.24, 2.45) is 0 Å². The van der Waals surface area contributed by atoms with Crippen LogP contribution in [0.4, 0.5) is 0 Å². The predicted molar refractivity (Wildman–Crippen MR) is 72.2 cm³/mol. The summed E-state index contributed by atoms with van der Waals surface area (Å²) in [6, 6.07) is 6.90. The molecule has 18 heavy (non-hydrogen) atoms. The Kier molecular flexibility index (Phi) is 5.31. The van der Waals surface area contributed by atoms with E-state index in [4.69, 9.17) is 5.11 Å². The van der Waals surface area contributed by atoms with E-state index in [2.05, 4.69) is 5.32 Å². The summed E-state index contributed by atoms with van der Waals surface area (Å²) in [4.78, 5) is 0.358. The highest BCUT2D eigenvalue weighted by atomic mass is 32.2. The minimum Gasteiger partial charge on any atom is -0.395 e. The Labute approximate surface area is 109 Å². The van der Waals surface area contributed by atoms with Gasteiger partial charge in [0.25, 0.3) is 0 Å². The summed E-state index contributed by atoms with van der Waals surface area (Å²) >= 11 is 0. The Morgan fingerprint density at radius 1 is 1.17 bits per heavy atom. The fourth-order valence-corrected chi connectivity index (χ4v) is 2.49. The van der Waals surface area contributed by atoms with Crippen LogP contribution in [0.1, 0.15) is 26.3 Å². The van der Waals surface area contributed by atoms with E-state index in [1.807, 2.05) is 6.92 Å². The molecule has 0 bridgehead atoms. The topological polar surface area (TPSA) is 66.4 Å². The van der Waals surface area contributed by atoms with Crippen LogP contribution in [0.3, 0.4) is 0 Å². The Hall–Kier alpha value is -0.910. The lowest BCUT2D eigenvalue weighted by Gasteiger charge is -2.11. The van der Waals surface area contributed by atoms with Gasteiger partial charge in [-0.05, 0) is 38.5 Å². The first-order chi connectivity index (χ1) is 8.37. The number of sulfone groups is 1. The number of benzene rings is 1. The van der Waals surface area contributed by atoms with E-state index in [0.717, 1.165) is 5.56 Å². The highest BCUT2D eigenvalue weighted by Crippen LogP contribution is 2.16. The molecular formula is C13H21NO3S. The van der Waals surface area contributed by atoms with E-state index in [1.54, 1.807) is 38.1 Å². The molecule has 4 nitrogen and oxygen atoms in total. The molecule has 1 unspecified atom stereocenters. The van der Waals surface area contributed by atoms with Crippen LogP contribution in [-0.2, 0) is 16.4 Å². The molecule has 0 aliphatic rings. The van der Waals surface area contributed by atoms with Crippen LogP contribution in [-0.4, -0.2) is 31.4 Å². The van der Waals surface area contributed by atoms with Gasteiger partial charge in [-0.2, -0.15) is 0 Å². The maximum Gasteiger partial charge on any atom is 0.180 e. The Morgan fingerprint density at radius 2 is 1.72 bits per heavy atom. The predicted octanol–water partition coefficient (Wildman–Crippen LogP) is 1.34. The average Bonchev–Trinajstić information content (AvgIpc) is 2.36. The Morgan fingerprint density at radius 3 is 2.17 bits per heavy atom. The van der Waals surface area contributed by atoms with Crippen molar-refractivity contribution in [3.8, 4) is 0 Å². The van der Waals surface area contributed by atoms with Gasteiger partial charge in [-0.3, -0.25) is 0 Å². The normalized spacial score (nSPS) is 13.8. The van der Waals surface area contributed by atoms with Crippen molar-refractivity contribution in [1.29, 1.82) is 0 Å². The largest absolute Gasteiger partial charge is 0.395 e. The summed E-state index contributed by atoms with van der Waals surface area (Å²) in [5, 5.41) is 11.6. The van der Waals surface area contributed by atoms with Gasteiger partial charge >= 0.3 is 0 Å². The van der Waals surface area contributed by atoms with Gasteiger partial charge in [0.15, 0.2) is 9.84 Å². The number of nitrogens with one attached hydrogen (secondary N) is 1. The van der Waals surface area contributed by atoms with E-state index in [1.165, 1.54) is 0 Å². The molecule has 0 amide bonds. The Balaban J connectivity index is 2.75. The average molecular weight is 271 g/mol. The zero-order valence-corrected chi connectivity index (χ0v) is 11.9. The minimum absolute atomic E-state index is 0.0315. The molecule has 1 aromatic rings. The molecule has 0 fully saturated rings. The van der Waals surface area contributed by atoms with Crippen LogP contribution >= 0.6 is 0 Å². The molecule has 1 aromatic carbocycles. The third-order valence-corrected chi connectivity index (χ3v) is 4.97. The Bertz CT molecular complexity index is 466. The van der Waals surface area contributed by atoms with E-state index in [-0.39, 0.29) is 12.6 Å². The summed E-state index contributed by atoms with van der Waals surface area (Å²) < 4.78 is 23.8. The second-order valence-corrected chi connectivity index (χ2v) is 7.21. The minimum atomic E-state index is -3.19. The molecule has 102 valence electrons. The monoisotopic (exact) mass is 271 g/mol. The van der Waals surface area contributed by atoms with Crippen molar-refractivity contribution in [3.63, 3.8) is 0 Å². The van der Waals surface area contributed by atoms with Crippen molar-refractivity contribution in [3.05, 3.63) is 29.8 Å². The summed E-state index contributed by atoms with van der Waals surface area (Å²) in [5.41, 5.74) is 0.998.